The van der Waals surface area contributed by atoms with Crippen molar-refractivity contribution in [2.45, 2.75) is 25.0 Å². The van der Waals surface area contributed by atoms with E-state index in [1.807, 2.05) is 6.07 Å². The maximum absolute atomic E-state index is 13.9. The van der Waals surface area contributed by atoms with Crippen LogP contribution in [0.15, 0.2) is 36.5 Å². The number of aliphatic hydroxyl groups is 1. The molecular formula is C18H18FN3O2S. The molecule has 3 heterocycles. The molecule has 1 fully saturated rings. The summed E-state index contributed by atoms with van der Waals surface area (Å²) in [5.41, 5.74) is 0.266. The highest BCUT2D eigenvalue weighted by Crippen LogP contribution is 2.33. The number of halogens is 1. The zero-order valence-corrected chi connectivity index (χ0v) is 14.3. The number of benzene rings is 1. The van der Waals surface area contributed by atoms with E-state index in [4.69, 9.17) is 4.74 Å². The van der Waals surface area contributed by atoms with E-state index in [9.17, 15) is 9.50 Å². The average molecular weight is 359 g/mol. The normalized spacial score (nSPS) is 16.9. The quantitative estimate of drug-likeness (QED) is 0.746. The Morgan fingerprint density at radius 2 is 2.08 bits per heavy atom. The lowest BCUT2D eigenvalue weighted by molar-refractivity contribution is 0.0903. The second-order valence-corrected chi connectivity index (χ2v) is 7.12. The van der Waals surface area contributed by atoms with Crippen LogP contribution in [0.2, 0.25) is 0 Å². The van der Waals surface area contributed by atoms with Gasteiger partial charge >= 0.3 is 0 Å². The van der Waals surface area contributed by atoms with E-state index < -0.39 is 11.9 Å². The Hall–Kier alpha value is -2.09. The lowest BCUT2D eigenvalue weighted by Crippen LogP contribution is -2.28. The highest BCUT2D eigenvalue weighted by atomic mass is 32.1. The summed E-state index contributed by atoms with van der Waals surface area (Å²) >= 11 is 1.35. The summed E-state index contributed by atoms with van der Waals surface area (Å²) in [7, 11) is 0. The molecule has 25 heavy (non-hydrogen) atoms. The molecule has 1 aromatic carbocycles. The van der Waals surface area contributed by atoms with Gasteiger partial charge in [-0.2, -0.15) is 0 Å². The van der Waals surface area contributed by atoms with Gasteiger partial charge in [-0.1, -0.05) is 18.2 Å². The van der Waals surface area contributed by atoms with Crippen molar-refractivity contribution in [2.24, 2.45) is 0 Å². The van der Waals surface area contributed by atoms with Crippen LogP contribution in [-0.2, 0) is 4.74 Å². The monoisotopic (exact) mass is 359 g/mol. The fraction of sp³-hybridized carbons (Fsp3) is 0.333. The molecule has 1 aliphatic rings. The lowest BCUT2D eigenvalue weighted by Gasteiger charge is -2.22. The molecule has 0 radical (unpaired) electrons. The number of thiophene rings is 1. The Labute approximate surface area is 148 Å². The number of aliphatic hydroxyl groups excluding tert-OH is 1. The minimum atomic E-state index is -1.01. The van der Waals surface area contributed by atoms with Crippen LogP contribution in [0.4, 0.5) is 10.3 Å². The molecule has 1 aliphatic heterocycles. The maximum Gasteiger partial charge on any atom is 0.224 e. The lowest BCUT2D eigenvalue weighted by atomic mass is 10.1. The SMILES string of the molecule is OC(c1cc2cnc(NC3CCOCC3)nc2s1)c1ccccc1F. The molecule has 0 bridgehead atoms. The molecule has 2 aromatic heterocycles. The summed E-state index contributed by atoms with van der Waals surface area (Å²) in [6.45, 7) is 1.50. The van der Waals surface area contributed by atoms with Gasteiger partial charge in [0.2, 0.25) is 5.95 Å². The van der Waals surface area contributed by atoms with Gasteiger partial charge in [-0.15, -0.1) is 11.3 Å². The van der Waals surface area contributed by atoms with Crippen molar-refractivity contribution in [1.82, 2.24) is 9.97 Å². The Morgan fingerprint density at radius 3 is 2.88 bits per heavy atom. The smallest absolute Gasteiger partial charge is 0.224 e. The third-order valence-electron chi connectivity index (χ3n) is 4.32. The van der Waals surface area contributed by atoms with E-state index in [-0.39, 0.29) is 5.56 Å². The van der Waals surface area contributed by atoms with Gasteiger partial charge in [-0.05, 0) is 25.0 Å². The summed E-state index contributed by atoms with van der Waals surface area (Å²) in [6.07, 6.45) is 2.59. The van der Waals surface area contributed by atoms with Crippen molar-refractivity contribution < 1.29 is 14.2 Å². The van der Waals surface area contributed by atoms with Crippen LogP contribution in [0.3, 0.4) is 0 Å². The van der Waals surface area contributed by atoms with E-state index in [1.165, 1.54) is 17.4 Å². The molecule has 0 saturated carbocycles. The van der Waals surface area contributed by atoms with E-state index in [0.29, 0.717) is 16.9 Å². The first-order valence-electron chi connectivity index (χ1n) is 8.24. The van der Waals surface area contributed by atoms with Gasteiger partial charge in [0.25, 0.3) is 0 Å². The summed E-state index contributed by atoms with van der Waals surface area (Å²) in [5, 5.41) is 14.7. The number of aromatic nitrogens is 2. The molecule has 1 atom stereocenters. The van der Waals surface area contributed by atoms with E-state index >= 15 is 0 Å². The topological polar surface area (TPSA) is 67.3 Å². The number of anilines is 1. The number of nitrogens with zero attached hydrogens (tertiary/aromatic N) is 2. The van der Waals surface area contributed by atoms with Crippen molar-refractivity contribution in [1.29, 1.82) is 0 Å². The second kappa shape index (κ2) is 7.03. The highest BCUT2D eigenvalue weighted by molar-refractivity contribution is 7.18. The molecule has 1 unspecified atom stereocenters. The first-order valence-corrected chi connectivity index (χ1v) is 9.05. The molecule has 0 aliphatic carbocycles. The van der Waals surface area contributed by atoms with Crippen LogP contribution in [0.1, 0.15) is 29.4 Å². The Morgan fingerprint density at radius 1 is 1.28 bits per heavy atom. The standard InChI is InChI=1S/C18H18FN3O2S/c19-14-4-2-1-3-13(14)16(23)15-9-11-10-20-18(22-17(11)25-15)21-12-5-7-24-8-6-12/h1-4,9-10,12,16,23H,5-8H2,(H,20,21,22). The number of hydrogen-bond donors (Lipinski definition) is 2. The van der Waals surface area contributed by atoms with Crippen LogP contribution >= 0.6 is 11.3 Å². The first kappa shape index (κ1) is 16.4. The largest absolute Gasteiger partial charge is 0.383 e. The zero-order chi connectivity index (χ0) is 17.2. The molecule has 3 aromatic rings. The predicted molar refractivity (Wildman–Crippen MR) is 95.3 cm³/mol. The number of hydrogen-bond acceptors (Lipinski definition) is 6. The van der Waals surface area contributed by atoms with Gasteiger partial charge in [0, 0.05) is 41.3 Å². The van der Waals surface area contributed by atoms with Crippen molar-refractivity contribution in [3.63, 3.8) is 0 Å². The average Bonchev–Trinajstić information content (AvgIpc) is 3.06. The van der Waals surface area contributed by atoms with E-state index in [0.717, 1.165) is 36.3 Å². The Kier molecular flexibility index (Phi) is 4.61. The van der Waals surface area contributed by atoms with Gasteiger partial charge < -0.3 is 15.2 Å². The second-order valence-electron chi connectivity index (χ2n) is 6.06. The Bertz CT molecular complexity index is 880. The number of fused-ring (bicyclic) bond motifs is 1. The molecule has 2 N–H and O–H groups in total. The summed E-state index contributed by atoms with van der Waals surface area (Å²) < 4.78 is 19.3. The predicted octanol–water partition coefficient (Wildman–Crippen LogP) is 3.50. The van der Waals surface area contributed by atoms with Gasteiger partial charge in [-0.25, -0.2) is 14.4 Å². The molecule has 5 nitrogen and oxygen atoms in total. The van der Waals surface area contributed by atoms with Crippen LogP contribution in [0.5, 0.6) is 0 Å². The number of rotatable bonds is 4. The first-order chi connectivity index (χ1) is 12.2. The number of ether oxygens (including phenoxy) is 1. The Balaban J connectivity index is 1.58. The molecule has 1 saturated heterocycles. The molecule has 0 spiro atoms. The van der Waals surface area contributed by atoms with Gasteiger partial charge in [0.15, 0.2) is 0 Å². The fourth-order valence-electron chi connectivity index (χ4n) is 2.93. The van der Waals surface area contributed by atoms with Crippen LogP contribution in [0.25, 0.3) is 10.2 Å². The molecule has 7 heteroatoms. The molecule has 4 rings (SSSR count). The van der Waals surface area contributed by atoms with Gasteiger partial charge in [-0.3, -0.25) is 0 Å². The fourth-order valence-corrected chi connectivity index (χ4v) is 3.94. The summed E-state index contributed by atoms with van der Waals surface area (Å²) in [5.74, 6) is 0.161. The van der Waals surface area contributed by atoms with Gasteiger partial charge in [0.05, 0.1) is 0 Å². The molecule has 130 valence electrons. The summed E-state index contributed by atoms with van der Waals surface area (Å²) in [4.78, 5) is 10.3. The van der Waals surface area contributed by atoms with E-state index in [1.54, 1.807) is 24.4 Å². The van der Waals surface area contributed by atoms with Crippen LogP contribution < -0.4 is 5.32 Å². The third-order valence-corrected chi connectivity index (χ3v) is 5.41. The minimum Gasteiger partial charge on any atom is -0.383 e. The van der Waals surface area contributed by atoms with Crippen molar-refractivity contribution >= 4 is 27.5 Å². The highest BCUT2D eigenvalue weighted by Gasteiger charge is 2.19. The molecular weight excluding hydrogens is 341 g/mol. The maximum atomic E-state index is 13.9. The van der Waals surface area contributed by atoms with Crippen molar-refractivity contribution in [3.05, 3.63) is 52.8 Å². The number of nitrogens with one attached hydrogen (secondary N) is 1. The third kappa shape index (κ3) is 3.49. The van der Waals surface area contributed by atoms with Crippen LogP contribution in [0, 0.1) is 5.82 Å². The summed E-state index contributed by atoms with van der Waals surface area (Å²) in [6, 6.07) is 8.39. The van der Waals surface area contributed by atoms with Crippen molar-refractivity contribution in [2.75, 3.05) is 18.5 Å². The van der Waals surface area contributed by atoms with E-state index in [2.05, 4.69) is 15.3 Å². The van der Waals surface area contributed by atoms with Crippen LogP contribution in [-0.4, -0.2) is 34.3 Å². The molecule has 0 amide bonds. The van der Waals surface area contributed by atoms with Gasteiger partial charge in [0.1, 0.15) is 16.8 Å². The van der Waals surface area contributed by atoms with Crippen molar-refractivity contribution in [3.8, 4) is 0 Å². The minimum absolute atomic E-state index is 0.266. The zero-order valence-electron chi connectivity index (χ0n) is 13.5.